The molecular weight excluding hydrogens is 345 g/mol. The van der Waals surface area contributed by atoms with Gasteiger partial charge in [0.2, 0.25) is 5.88 Å². The summed E-state index contributed by atoms with van der Waals surface area (Å²) in [4.78, 5) is 16.7. The van der Waals surface area contributed by atoms with Crippen LogP contribution in [-0.4, -0.2) is 18.0 Å². The Bertz CT molecular complexity index is 1010. The molecule has 3 aromatic rings. The molecule has 134 valence electrons. The third-order valence-corrected chi connectivity index (χ3v) is 4.02. The third kappa shape index (κ3) is 3.33. The van der Waals surface area contributed by atoms with Crippen LogP contribution in [0.5, 0.6) is 5.88 Å². The van der Waals surface area contributed by atoms with Gasteiger partial charge < -0.3 is 10.1 Å². The van der Waals surface area contributed by atoms with Crippen LogP contribution < -0.4 is 10.1 Å². The average Bonchev–Trinajstić information content (AvgIpc) is 2.61. The SMILES string of the molecule is COc1nc2cc(F)c(F)cc2c(C)c1C(=O)NCc1cccc(F)c1. The van der Waals surface area contributed by atoms with Crippen LogP contribution in [-0.2, 0) is 6.54 Å². The molecule has 0 aliphatic heterocycles. The van der Waals surface area contributed by atoms with E-state index in [1.165, 1.54) is 25.3 Å². The van der Waals surface area contributed by atoms with E-state index < -0.39 is 23.4 Å². The first kappa shape index (κ1) is 17.7. The fourth-order valence-corrected chi connectivity index (χ4v) is 2.72. The highest BCUT2D eigenvalue weighted by Gasteiger charge is 2.21. The van der Waals surface area contributed by atoms with Gasteiger partial charge in [-0.25, -0.2) is 18.2 Å². The number of halogens is 3. The predicted octanol–water partition coefficient (Wildman–Crippen LogP) is 3.90. The van der Waals surface area contributed by atoms with Crippen molar-refractivity contribution in [3.8, 4) is 5.88 Å². The second-order valence-electron chi connectivity index (χ2n) is 5.72. The molecule has 4 nitrogen and oxygen atoms in total. The summed E-state index contributed by atoms with van der Waals surface area (Å²) in [7, 11) is 1.33. The van der Waals surface area contributed by atoms with Crippen molar-refractivity contribution in [2.75, 3.05) is 7.11 Å². The van der Waals surface area contributed by atoms with Crippen LogP contribution in [0.2, 0.25) is 0 Å². The standard InChI is InChI=1S/C19H15F3N2O2/c1-10-13-7-14(21)15(22)8-16(13)24-19(26-2)17(10)18(25)23-9-11-4-3-5-12(20)6-11/h3-8H,9H2,1-2H3,(H,23,25). The fourth-order valence-electron chi connectivity index (χ4n) is 2.72. The minimum Gasteiger partial charge on any atom is -0.480 e. The molecule has 0 aliphatic rings. The van der Waals surface area contributed by atoms with Gasteiger partial charge in [0, 0.05) is 18.0 Å². The molecule has 1 amide bonds. The monoisotopic (exact) mass is 360 g/mol. The number of pyridine rings is 1. The number of amides is 1. The van der Waals surface area contributed by atoms with Gasteiger partial charge in [-0.2, -0.15) is 0 Å². The molecule has 1 N–H and O–H groups in total. The Morgan fingerprint density at radius 2 is 1.88 bits per heavy atom. The van der Waals surface area contributed by atoms with Gasteiger partial charge in [-0.15, -0.1) is 0 Å². The lowest BCUT2D eigenvalue weighted by molar-refractivity contribution is 0.0946. The number of aryl methyl sites for hydroxylation is 1. The van der Waals surface area contributed by atoms with E-state index in [-0.39, 0.29) is 23.5 Å². The van der Waals surface area contributed by atoms with Crippen molar-refractivity contribution in [1.82, 2.24) is 10.3 Å². The maximum Gasteiger partial charge on any atom is 0.257 e. The summed E-state index contributed by atoms with van der Waals surface area (Å²) in [6.45, 7) is 1.69. The molecule has 3 rings (SSSR count). The highest BCUT2D eigenvalue weighted by Crippen LogP contribution is 2.29. The molecule has 0 atom stereocenters. The van der Waals surface area contributed by atoms with Crippen molar-refractivity contribution in [2.24, 2.45) is 0 Å². The molecule has 1 aromatic heterocycles. The summed E-state index contributed by atoms with van der Waals surface area (Å²) < 4.78 is 45.4. The van der Waals surface area contributed by atoms with E-state index in [4.69, 9.17) is 4.74 Å². The van der Waals surface area contributed by atoms with Crippen LogP contribution in [0.3, 0.4) is 0 Å². The van der Waals surface area contributed by atoms with Crippen LogP contribution in [0.1, 0.15) is 21.5 Å². The lowest BCUT2D eigenvalue weighted by Gasteiger charge is -2.14. The Morgan fingerprint density at radius 3 is 2.58 bits per heavy atom. The van der Waals surface area contributed by atoms with Gasteiger partial charge in [-0.1, -0.05) is 12.1 Å². The summed E-state index contributed by atoms with van der Waals surface area (Å²) >= 11 is 0. The van der Waals surface area contributed by atoms with Crippen molar-refractivity contribution in [2.45, 2.75) is 13.5 Å². The quantitative estimate of drug-likeness (QED) is 0.768. The van der Waals surface area contributed by atoms with Gasteiger partial charge in [-0.3, -0.25) is 4.79 Å². The average molecular weight is 360 g/mol. The number of hydrogen-bond donors (Lipinski definition) is 1. The summed E-state index contributed by atoms with van der Waals surface area (Å²) in [6, 6.07) is 7.77. The first-order valence-corrected chi connectivity index (χ1v) is 7.76. The molecule has 0 unspecified atom stereocenters. The molecule has 1 heterocycles. The Labute approximate surface area is 147 Å². The molecule has 0 fully saturated rings. The summed E-state index contributed by atoms with van der Waals surface area (Å²) in [6.07, 6.45) is 0. The highest BCUT2D eigenvalue weighted by atomic mass is 19.2. The maximum absolute atomic E-state index is 13.6. The molecule has 0 spiro atoms. The number of fused-ring (bicyclic) bond motifs is 1. The summed E-state index contributed by atoms with van der Waals surface area (Å²) in [5.74, 6) is -2.98. The van der Waals surface area contributed by atoms with Crippen molar-refractivity contribution >= 4 is 16.8 Å². The van der Waals surface area contributed by atoms with Crippen molar-refractivity contribution in [1.29, 1.82) is 0 Å². The zero-order valence-corrected chi connectivity index (χ0v) is 14.1. The van der Waals surface area contributed by atoms with Crippen LogP contribution in [0, 0.1) is 24.4 Å². The van der Waals surface area contributed by atoms with Crippen LogP contribution in [0.4, 0.5) is 13.2 Å². The van der Waals surface area contributed by atoms with Crippen molar-refractivity contribution < 1.29 is 22.7 Å². The van der Waals surface area contributed by atoms with Crippen molar-refractivity contribution in [3.63, 3.8) is 0 Å². The van der Waals surface area contributed by atoms with E-state index in [9.17, 15) is 18.0 Å². The number of methoxy groups -OCH3 is 1. The number of carbonyl (C=O) groups is 1. The second-order valence-corrected chi connectivity index (χ2v) is 5.72. The molecule has 7 heteroatoms. The number of ether oxygens (including phenoxy) is 1. The van der Waals surface area contributed by atoms with E-state index in [0.29, 0.717) is 16.5 Å². The zero-order chi connectivity index (χ0) is 18.8. The molecule has 26 heavy (non-hydrogen) atoms. The Hall–Kier alpha value is -3.09. The smallest absolute Gasteiger partial charge is 0.257 e. The van der Waals surface area contributed by atoms with Gasteiger partial charge in [0.25, 0.3) is 5.91 Å². The Kier molecular flexibility index (Phi) is 4.79. The van der Waals surface area contributed by atoms with E-state index in [1.54, 1.807) is 13.0 Å². The number of benzene rings is 2. The van der Waals surface area contributed by atoms with E-state index in [1.807, 2.05) is 0 Å². The summed E-state index contributed by atoms with van der Waals surface area (Å²) in [5, 5.41) is 2.96. The molecule has 0 bridgehead atoms. The number of aromatic nitrogens is 1. The lowest BCUT2D eigenvalue weighted by atomic mass is 10.0. The molecule has 0 aliphatic carbocycles. The van der Waals surface area contributed by atoms with Crippen LogP contribution >= 0.6 is 0 Å². The molecule has 2 aromatic carbocycles. The van der Waals surface area contributed by atoms with Gasteiger partial charge in [-0.05, 0) is 36.2 Å². The Morgan fingerprint density at radius 1 is 1.15 bits per heavy atom. The van der Waals surface area contributed by atoms with Gasteiger partial charge in [0.1, 0.15) is 11.4 Å². The normalized spacial score (nSPS) is 10.8. The number of nitrogens with zero attached hydrogens (tertiary/aromatic N) is 1. The first-order valence-electron chi connectivity index (χ1n) is 7.76. The van der Waals surface area contributed by atoms with E-state index in [0.717, 1.165) is 12.1 Å². The van der Waals surface area contributed by atoms with Gasteiger partial charge in [0.15, 0.2) is 11.6 Å². The topological polar surface area (TPSA) is 51.2 Å². The first-order chi connectivity index (χ1) is 12.4. The molecule has 0 radical (unpaired) electrons. The van der Waals surface area contributed by atoms with Crippen molar-refractivity contribution in [3.05, 3.63) is 70.5 Å². The number of carbonyl (C=O) groups excluding carboxylic acids is 1. The predicted molar refractivity (Wildman–Crippen MR) is 90.5 cm³/mol. The summed E-state index contributed by atoms with van der Waals surface area (Å²) in [5.41, 5.74) is 1.28. The zero-order valence-electron chi connectivity index (χ0n) is 14.1. The highest BCUT2D eigenvalue weighted by molar-refractivity contribution is 6.02. The largest absolute Gasteiger partial charge is 0.480 e. The molecule has 0 saturated carbocycles. The van der Waals surface area contributed by atoms with E-state index >= 15 is 0 Å². The molecular formula is C19H15F3N2O2. The van der Waals surface area contributed by atoms with E-state index in [2.05, 4.69) is 10.3 Å². The fraction of sp³-hybridized carbons (Fsp3) is 0.158. The minimum absolute atomic E-state index is 0.00208. The lowest BCUT2D eigenvalue weighted by Crippen LogP contribution is -2.24. The molecule has 0 saturated heterocycles. The van der Waals surface area contributed by atoms with Crippen LogP contribution in [0.25, 0.3) is 10.9 Å². The minimum atomic E-state index is -1.03. The van der Waals surface area contributed by atoms with Gasteiger partial charge >= 0.3 is 0 Å². The number of nitrogens with one attached hydrogen (secondary N) is 1. The second kappa shape index (κ2) is 7.03. The van der Waals surface area contributed by atoms with Crippen LogP contribution in [0.15, 0.2) is 36.4 Å². The number of hydrogen-bond acceptors (Lipinski definition) is 3. The third-order valence-electron chi connectivity index (χ3n) is 4.02. The van der Waals surface area contributed by atoms with Gasteiger partial charge in [0.05, 0.1) is 12.6 Å². The Balaban J connectivity index is 1.98. The maximum atomic E-state index is 13.6. The number of rotatable bonds is 4.